The van der Waals surface area contributed by atoms with Crippen LogP contribution < -0.4 is 22.1 Å². The van der Waals surface area contributed by atoms with Gasteiger partial charge in [0.25, 0.3) is 0 Å². The van der Waals surface area contributed by atoms with Gasteiger partial charge in [0, 0.05) is 12.0 Å². The molecule has 1 fully saturated rings. The SMILES string of the molecule is CC(C1CCC1)C(N)C(=O)N[C@@H](CCCNC(N)=O)C(=O)C(C)(C)C. The van der Waals surface area contributed by atoms with Crippen LogP contribution in [0.4, 0.5) is 4.79 Å². The van der Waals surface area contributed by atoms with E-state index < -0.39 is 23.5 Å². The van der Waals surface area contributed by atoms with Crippen LogP contribution in [0.15, 0.2) is 0 Å². The zero-order valence-electron chi connectivity index (χ0n) is 15.9. The highest BCUT2D eigenvalue weighted by atomic mass is 16.2. The van der Waals surface area contributed by atoms with E-state index in [-0.39, 0.29) is 17.6 Å². The van der Waals surface area contributed by atoms with Crippen molar-refractivity contribution < 1.29 is 14.4 Å². The van der Waals surface area contributed by atoms with Gasteiger partial charge in [-0.3, -0.25) is 9.59 Å². The van der Waals surface area contributed by atoms with E-state index in [1.165, 1.54) is 6.42 Å². The quantitative estimate of drug-likeness (QED) is 0.465. The highest BCUT2D eigenvalue weighted by Gasteiger charge is 2.35. The predicted molar refractivity (Wildman–Crippen MR) is 97.7 cm³/mol. The van der Waals surface area contributed by atoms with Crippen LogP contribution in [-0.2, 0) is 9.59 Å². The van der Waals surface area contributed by atoms with Crippen molar-refractivity contribution in [1.29, 1.82) is 0 Å². The third-order valence-electron chi connectivity index (χ3n) is 5.10. The minimum Gasteiger partial charge on any atom is -0.352 e. The van der Waals surface area contributed by atoms with Gasteiger partial charge in [0.15, 0.2) is 5.78 Å². The molecule has 0 heterocycles. The average Bonchev–Trinajstić information content (AvgIpc) is 2.45. The summed E-state index contributed by atoms with van der Waals surface area (Å²) in [5, 5.41) is 5.33. The van der Waals surface area contributed by atoms with E-state index >= 15 is 0 Å². The molecule has 144 valence electrons. The number of rotatable bonds is 9. The number of Topliss-reactive ketones (excluding diaryl/α,β-unsaturated/α-hetero) is 1. The number of nitrogens with one attached hydrogen (secondary N) is 2. The topological polar surface area (TPSA) is 127 Å². The highest BCUT2D eigenvalue weighted by molar-refractivity contribution is 5.93. The van der Waals surface area contributed by atoms with Crippen molar-refractivity contribution in [1.82, 2.24) is 10.6 Å². The number of primary amides is 1. The van der Waals surface area contributed by atoms with E-state index in [2.05, 4.69) is 10.6 Å². The van der Waals surface area contributed by atoms with Crippen LogP contribution in [0.2, 0.25) is 0 Å². The molecule has 0 aromatic heterocycles. The Morgan fingerprint density at radius 3 is 2.24 bits per heavy atom. The Kier molecular flexibility index (Phi) is 7.86. The Bertz CT molecular complexity index is 483. The first kappa shape index (κ1) is 21.4. The fourth-order valence-electron chi connectivity index (χ4n) is 3.07. The van der Waals surface area contributed by atoms with Crippen molar-refractivity contribution in [3.05, 3.63) is 0 Å². The second-order valence-electron chi connectivity index (χ2n) is 8.18. The Morgan fingerprint density at radius 1 is 1.20 bits per heavy atom. The van der Waals surface area contributed by atoms with Gasteiger partial charge >= 0.3 is 6.03 Å². The minimum atomic E-state index is -0.609. The Hall–Kier alpha value is -1.63. The van der Waals surface area contributed by atoms with Crippen LogP contribution in [0.1, 0.15) is 59.8 Å². The van der Waals surface area contributed by atoms with Crippen LogP contribution >= 0.6 is 0 Å². The van der Waals surface area contributed by atoms with Gasteiger partial charge in [-0.1, -0.05) is 47.0 Å². The van der Waals surface area contributed by atoms with Gasteiger partial charge in [-0.15, -0.1) is 0 Å². The van der Waals surface area contributed by atoms with E-state index in [1.54, 1.807) is 0 Å². The summed E-state index contributed by atoms with van der Waals surface area (Å²) in [4.78, 5) is 35.9. The molecule has 3 atom stereocenters. The summed E-state index contributed by atoms with van der Waals surface area (Å²) < 4.78 is 0. The molecule has 6 N–H and O–H groups in total. The number of amides is 3. The van der Waals surface area contributed by atoms with Crippen molar-refractivity contribution in [2.75, 3.05) is 6.54 Å². The van der Waals surface area contributed by atoms with Crippen LogP contribution in [0.3, 0.4) is 0 Å². The molecule has 1 aliphatic rings. The largest absolute Gasteiger partial charge is 0.352 e. The molecule has 1 saturated carbocycles. The lowest BCUT2D eigenvalue weighted by atomic mass is 9.73. The fraction of sp³-hybridized carbons (Fsp3) is 0.833. The first-order chi connectivity index (χ1) is 11.5. The summed E-state index contributed by atoms with van der Waals surface area (Å²) in [6, 6.07) is -1.81. The van der Waals surface area contributed by atoms with Gasteiger partial charge in [0.05, 0.1) is 12.1 Å². The van der Waals surface area contributed by atoms with Crippen LogP contribution in [0.5, 0.6) is 0 Å². The lowest BCUT2D eigenvalue weighted by molar-refractivity contribution is -0.133. The minimum absolute atomic E-state index is 0.0385. The van der Waals surface area contributed by atoms with Crippen molar-refractivity contribution in [2.24, 2.45) is 28.7 Å². The smallest absolute Gasteiger partial charge is 0.312 e. The summed E-state index contributed by atoms with van der Waals surface area (Å²) in [5.41, 5.74) is 10.6. The summed E-state index contributed by atoms with van der Waals surface area (Å²) in [5.74, 6) is 0.293. The molecule has 7 nitrogen and oxygen atoms in total. The Morgan fingerprint density at radius 2 is 1.80 bits per heavy atom. The molecular formula is C18H34N4O3. The Labute approximate surface area is 150 Å². The van der Waals surface area contributed by atoms with Gasteiger partial charge in [-0.25, -0.2) is 4.79 Å². The van der Waals surface area contributed by atoms with Gasteiger partial charge < -0.3 is 22.1 Å². The lowest BCUT2D eigenvalue weighted by Gasteiger charge is -2.35. The van der Waals surface area contributed by atoms with E-state index in [0.29, 0.717) is 25.3 Å². The molecule has 0 aliphatic heterocycles. The monoisotopic (exact) mass is 354 g/mol. The van der Waals surface area contributed by atoms with Gasteiger partial charge in [0.2, 0.25) is 5.91 Å². The van der Waals surface area contributed by atoms with Crippen molar-refractivity contribution in [2.45, 2.75) is 71.9 Å². The van der Waals surface area contributed by atoms with Crippen molar-refractivity contribution in [3.8, 4) is 0 Å². The number of carbonyl (C=O) groups is 3. The maximum atomic E-state index is 12.7. The second-order valence-corrected chi connectivity index (χ2v) is 8.18. The maximum Gasteiger partial charge on any atom is 0.312 e. The summed E-state index contributed by atoms with van der Waals surface area (Å²) >= 11 is 0. The third-order valence-corrected chi connectivity index (χ3v) is 5.10. The average molecular weight is 354 g/mol. The van der Waals surface area contributed by atoms with Crippen LogP contribution in [-0.4, -0.2) is 36.3 Å². The molecule has 0 saturated heterocycles. The van der Waals surface area contributed by atoms with Crippen LogP contribution in [0, 0.1) is 17.3 Å². The highest BCUT2D eigenvalue weighted by Crippen LogP contribution is 2.34. The normalized spacial score (nSPS) is 18.6. The van der Waals surface area contributed by atoms with Crippen molar-refractivity contribution in [3.63, 3.8) is 0 Å². The fourth-order valence-corrected chi connectivity index (χ4v) is 3.07. The summed E-state index contributed by atoms with van der Waals surface area (Å²) in [6.07, 6.45) is 4.41. The van der Waals surface area contributed by atoms with E-state index in [4.69, 9.17) is 11.5 Å². The van der Waals surface area contributed by atoms with E-state index in [0.717, 1.165) is 12.8 Å². The molecule has 3 amide bonds. The first-order valence-corrected chi connectivity index (χ1v) is 9.17. The zero-order valence-corrected chi connectivity index (χ0v) is 15.9. The van der Waals surface area contributed by atoms with Gasteiger partial charge in [-0.2, -0.15) is 0 Å². The molecule has 0 spiro atoms. The molecule has 7 heteroatoms. The molecule has 0 aromatic rings. The maximum absolute atomic E-state index is 12.7. The number of hydrogen-bond acceptors (Lipinski definition) is 4. The number of nitrogens with two attached hydrogens (primary N) is 2. The number of ketones is 1. The summed E-state index contributed by atoms with van der Waals surface area (Å²) in [7, 11) is 0. The number of carbonyl (C=O) groups excluding carboxylic acids is 3. The molecule has 2 unspecified atom stereocenters. The van der Waals surface area contributed by atoms with E-state index in [1.807, 2.05) is 27.7 Å². The standard InChI is InChI=1S/C18H34N4O3/c1-11(12-7-5-8-12)14(19)16(24)22-13(15(23)18(2,3)4)9-6-10-21-17(20)25/h11-14H,5-10,19H2,1-4H3,(H,22,24)(H3,20,21,25)/t11?,13-,14?/m0/s1. The molecular weight excluding hydrogens is 320 g/mol. The third kappa shape index (κ3) is 6.65. The number of hydrogen-bond donors (Lipinski definition) is 4. The molecule has 0 radical (unpaired) electrons. The molecule has 0 bridgehead atoms. The van der Waals surface area contributed by atoms with Crippen LogP contribution in [0.25, 0.3) is 0 Å². The molecule has 25 heavy (non-hydrogen) atoms. The zero-order chi connectivity index (χ0) is 19.2. The molecule has 1 rings (SSSR count). The molecule has 1 aliphatic carbocycles. The summed E-state index contributed by atoms with van der Waals surface area (Å²) in [6.45, 7) is 7.85. The van der Waals surface area contributed by atoms with Crippen molar-refractivity contribution >= 4 is 17.7 Å². The number of urea groups is 1. The predicted octanol–water partition coefficient (Wildman–Crippen LogP) is 1.30. The second kappa shape index (κ2) is 9.17. The molecule has 0 aromatic carbocycles. The first-order valence-electron chi connectivity index (χ1n) is 9.17. The van der Waals surface area contributed by atoms with Gasteiger partial charge in [0.1, 0.15) is 0 Å². The lowest BCUT2D eigenvalue weighted by Crippen LogP contribution is -2.54. The Balaban J connectivity index is 2.65. The van der Waals surface area contributed by atoms with Gasteiger partial charge in [-0.05, 0) is 24.7 Å². The van der Waals surface area contributed by atoms with E-state index in [9.17, 15) is 14.4 Å².